The van der Waals surface area contributed by atoms with E-state index in [1.165, 1.54) is 0 Å². The summed E-state index contributed by atoms with van der Waals surface area (Å²) in [7, 11) is -9.70. The Kier molecular flexibility index (Phi) is 4.49. The van der Waals surface area contributed by atoms with Crippen LogP contribution in [0, 0.1) is 5.92 Å². The maximum absolute atomic E-state index is 11.0. The lowest BCUT2D eigenvalue weighted by atomic mass is 10.2. The first-order valence-electron chi connectivity index (χ1n) is 4.60. The lowest BCUT2D eigenvalue weighted by molar-refractivity contribution is 0.191. The third kappa shape index (κ3) is 5.92. The molecule has 1 unspecified atom stereocenters. The molecule has 0 saturated heterocycles. The van der Waals surface area contributed by atoms with Crippen LogP contribution in [0.25, 0.3) is 0 Å². The highest BCUT2D eigenvalue weighted by Crippen LogP contribution is 2.57. The van der Waals surface area contributed by atoms with Gasteiger partial charge in [0.25, 0.3) is 0 Å². The van der Waals surface area contributed by atoms with Crippen LogP contribution in [0.4, 0.5) is 0 Å². The lowest BCUT2D eigenvalue weighted by Gasteiger charge is -2.11. The van der Waals surface area contributed by atoms with Crippen molar-refractivity contribution >= 4 is 15.6 Å². The molecule has 0 heterocycles. The number of allylic oxidation sites excluding steroid dienone is 1. The Morgan fingerprint density at radius 2 is 1.94 bits per heavy atom. The molecule has 3 N–H and O–H groups in total. The van der Waals surface area contributed by atoms with E-state index in [0.717, 1.165) is 18.4 Å². The molecule has 1 atom stereocenters. The van der Waals surface area contributed by atoms with Gasteiger partial charge in [-0.05, 0) is 25.7 Å². The van der Waals surface area contributed by atoms with Crippen molar-refractivity contribution in [3.05, 3.63) is 11.6 Å². The first kappa shape index (κ1) is 14.1. The Morgan fingerprint density at radius 3 is 2.38 bits per heavy atom. The second kappa shape index (κ2) is 5.10. The standard InChI is InChI=1S/C7H14O7P2/c1-6(7-2-3-7)4-5-13-16(11,12)14-15(8,9)10/h4,7H,2-3,5H2,1H3,(H,11,12)(H2,8,9,10)/b6-4+. The summed E-state index contributed by atoms with van der Waals surface area (Å²) < 4.78 is 29.3. The minimum atomic E-state index is -5.02. The first-order valence-corrected chi connectivity index (χ1v) is 7.63. The van der Waals surface area contributed by atoms with Crippen LogP contribution in [0.2, 0.25) is 0 Å². The summed E-state index contributed by atoms with van der Waals surface area (Å²) in [6.45, 7) is 1.66. The normalized spacial score (nSPS) is 21.9. The molecule has 1 aliphatic carbocycles. The monoisotopic (exact) mass is 272 g/mol. The van der Waals surface area contributed by atoms with Crippen molar-refractivity contribution < 1.29 is 32.6 Å². The molecular formula is C7H14O7P2. The minimum Gasteiger partial charge on any atom is -0.302 e. The first-order chi connectivity index (χ1) is 7.20. The summed E-state index contributed by atoms with van der Waals surface area (Å²) >= 11 is 0. The topological polar surface area (TPSA) is 113 Å². The SMILES string of the molecule is C/C(=C\COP(=O)(O)OP(=O)(O)O)C1CC1. The largest absolute Gasteiger partial charge is 0.481 e. The van der Waals surface area contributed by atoms with Gasteiger partial charge in [-0.2, -0.15) is 4.31 Å². The molecule has 0 radical (unpaired) electrons. The summed E-state index contributed by atoms with van der Waals surface area (Å²) in [6, 6.07) is 0. The van der Waals surface area contributed by atoms with Crippen molar-refractivity contribution in [2.24, 2.45) is 5.92 Å². The van der Waals surface area contributed by atoms with Crippen LogP contribution in [0.5, 0.6) is 0 Å². The molecule has 1 saturated carbocycles. The maximum atomic E-state index is 11.0. The van der Waals surface area contributed by atoms with E-state index in [9.17, 15) is 9.13 Å². The van der Waals surface area contributed by atoms with Crippen molar-refractivity contribution in [1.29, 1.82) is 0 Å². The zero-order valence-corrected chi connectivity index (χ0v) is 10.4. The second-order valence-corrected chi connectivity index (χ2v) is 6.39. The Labute approximate surface area is 92.9 Å². The quantitative estimate of drug-likeness (QED) is 0.496. The molecule has 1 aliphatic rings. The van der Waals surface area contributed by atoms with E-state index in [1.54, 1.807) is 6.08 Å². The van der Waals surface area contributed by atoms with Crippen LogP contribution >= 0.6 is 15.6 Å². The van der Waals surface area contributed by atoms with Gasteiger partial charge >= 0.3 is 15.6 Å². The average molecular weight is 272 g/mol. The van der Waals surface area contributed by atoms with Gasteiger partial charge < -0.3 is 14.7 Å². The van der Waals surface area contributed by atoms with E-state index in [1.807, 2.05) is 6.92 Å². The van der Waals surface area contributed by atoms with Crippen LogP contribution in [-0.2, 0) is 18.0 Å². The summed E-state index contributed by atoms with van der Waals surface area (Å²) in [6.07, 6.45) is 3.79. The van der Waals surface area contributed by atoms with Gasteiger partial charge in [0.1, 0.15) is 0 Å². The predicted molar refractivity (Wildman–Crippen MR) is 55.4 cm³/mol. The van der Waals surface area contributed by atoms with E-state index in [2.05, 4.69) is 8.83 Å². The molecule has 1 fully saturated rings. The summed E-state index contributed by atoms with van der Waals surface area (Å²) in [5.74, 6) is 0.504. The Balaban J connectivity index is 2.38. The molecule has 0 aliphatic heterocycles. The smallest absolute Gasteiger partial charge is 0.302 e. The third-order valence-corrected chi connectivity index (χ3v) is 4.23. The van der Waals surface area contributed by atoms with Crippen molar-refractivity contribution in [2.75, 3.05) is 6.61 Å². The molecule has 0 aromatic carbocycles. The molecule has 0 aromatic heterocycles. The number of hydrogen-bond donors (Lipinski definition) is 3. The highest BCUT2D eigenvalue weighted by molar-refractivity contribution is 7.60. The van der Waals surface area contributed by atoms with E-state index in [0.29, 0.717) is 5.92 Å². The number of phosphoric ester groups is 1. The van der Waals surface area contributed by atoms with Gasteiger partial charge in [0.2, 0.25) is 0 Å². The van der Waals surface area contributed by atoms with Crippen molar-refractivity contribution in [1.82, 2.24) is 0 Å². The Hall–Kier alpha value is -0.0000000000000000416. The molecule has 94 valence electrons. The molecule has 9 heteroatoms. The fraction of sp³-hybridized carbons (Fsp3) is 0.714. The fourth-order valence-electron chi connectivity index (χ4n) is 1.13. The van der Waals surface area contributed by atoms with Gasteiger partial charge in [0.15, 0.2) is 0 Å². The second-order valence-electron chi connectivity index (χ2n) is 3.56. The average Bonchev–Trinajstić information content (AvgIpc) is 2.79. The summed E-state index contributed by atoms with van der Waals surface area (Å²) in [4.78, 5) is 25.5. The molecule has 1 rings (SSSR count). The minimum absolute atomic E-state index is 0.212. The predicted octanol–water partition coefficient (Wildman–Crippen LogP) is 1.57. The molecule has 16 heavy (non-hydrogen) atoms. The molecule has 0 bridgehead atoms. The third-order valence-electron chi connectivity index (χ3n) is 2.07. The van der Waals surface area contributed by atoms with Crippen molar-refractivity contribution in [2.45, 2.75) is 19.8 Å². The van der Waals surface area contributed by atoms with Gasteiger partial charge in [-0.1, -0.05) is 11.6 Å². The van der Waals surface area contributed by atoms with E-state index < -0.39 is 15.6 Å². The summed E-state index contributed by atoms with van der Waals surface area (Å²) in [5.41, 5.74) is 1.04. The number of rotatable bonds is 6. The number of phosphoric acid groups is 2. The Bertz CT molecular complexity index is 367. The van der Waals surface area contributed by atoms with Crippen molar-refractivity contribution in [3.63, 3.8) is 0 Å². The van der Waals surface area contributed by atoms with Crippen LogP contribution < -0.4 is 0 Å². The zero-order valence-electron chi connectivity index (χ0n) is 8.65. The lowest BCUT2D eigenvalue weighted by Crippen LogP contribution is -1.95. The Morgan fingerprint density at radius 1 is 1.38 bits per heavy atom. The molecular weight excluding hydrogens is 258 g/mol. The van der Waals surface area contributed by atoms with E-state index in [4.69, 9.17) is 14.7 Å². The van der Waals surface area contributed by atoms with Gasteiger partial charge in [0.05, 0.1) is 6.61 Å². The fourth-order valence-corrected chi connectivity index (χ4v) is 2.65. The molecule has 0 aromatic rings. The van der Waals surface area contributed by atoms with Gasteiger partial charge in [0, 0.05) is 0 Å². The highest BCUT2D eigenvalue weighted by Gasteiger charge is 2.32. The molecule has 0 spiro atoms. The molecule has 0 amide bonds. The molecule has 7 nitrogen and oxygen atoms in total. The van der Waals surface area contributed by atoms with Gasteiger partial charge in [-0.3, -0.25) is 4.52 Å². The van der Waals surface area contributed by atoms with Crippen LogP contribution in [0.15, 0.2) is 11.6 Å². The van der Waals surface area contributed by atoms with E-state index >= 15 is 0 Å². The highest BCUT2D eigenvalue weighted by atomic mass is 31.3. The van der Waals surface area contributed by atoms with Crippen molar-refractivity contribution in [3.8, 4) is 0 Å². The maximum Gasteiger partial charge on any atom is 0.481 e. The van der Waals surface area contributed by atoms with Crippen LogP contribution in [-0.4, -0.2) is 21.3 Å². The van der Waals surface area contributed by atoms with Crippen LogP contribution in [0.3, 0.4) is 0 Å². The summed E-state index contributed by atoms with van der Waals surface area (Å²) in [5, 5.41) is 0. The van der Waals surface area contributed by atoms with Crippen LogP contribution in [0.1, 0.15) is 19.8 Å². The van der Waals surface area contributed by atoms with Gasteiger partial charge in [-0.15, -0.1) is 0 Å². The van der Waals surface area contributed by atoms with Gasteiger partial charge in [-0.25, -0.2) is 9.13 Å². The van der Waals surface area contributed by atoms with E-state index in [-0.39, 0.29) is 6.61 Å². The number of hydrogen-bond acceptors (Lipinski definition) is 4. The zero-order chi connectivity index (χ0) is 12.4.